The Morgan fingerprint density at radius 2 is 1.83 bits per heavy atom. The molecule has 0 spiro atoms. The molecule has 1 amide bonds. The Morgan fingerprint density at radius 3 is 2.50 bits per heavy atom. The molecule has 0 saturated heterocycles. The lowest BCUT2D eigenvalue weighted by Crippen LogP contribution is -2.11. The van der Waals surface area contributed by atoms with E-state index < -0.39 is 5.91 Å². The molecule has 0 aromatic heterocycles. The molecule has 4 N–H and O–H groups in total. The van der Waals surface area contributed by atoms with Gasteiger partial charge in [0.05, 0.1) is 0 Å². The zero-order chi connectivity index (χ0) is 13.0. The summed E-state index contributed by atoms with van der Waals surface area (Å²) in [5.41, 5.74) is 13.2. The minimum absolute atomic E-state index is 0.450. The van der Waals surface area contributed by atoms with Gasteiger partial charge in [0.1, 0.15) is 0 Å². The smallest absolute Gasteiger partial charge is 0.248 e. The van der Waals surface area contributed by atoms with E-state index in [9.17, 15) is 4.79 Å². The lowest BCUT2D eigenvalue weighted by molar-refractivity contribution is 0.1000. The molecule has 0 aliphatic carbocycles. The van der Waals surface area contributed by atoms with Gasteiger partial charge < -0.3 is 11.5 Å². The van der Waals surface area contributed by atoms with E-state index in [1.165, 1.54) is 5.56 Å². The first-order valence-corrected chi connectivity index (χ1v) is 6.51. The van der Waals surface area contributed by atoms with Crippen LogP contribution in [0.1, 0.15) is 15.9 Å². The molecule has 4 heteroatoms. The molecule has 0 unspecified atom stereocenters. The third-order valence-electron chi connectivity index (χ3n) is 2.46. The third kappa shape index (κ3) is 3.28. The van der Waals surface area contributed by atoms with E-state index in [4.69, 9.17) is 11.5 Å². The molecule has 0 bridgehead atoms. The van der Waals surface area contributed by atoms with Crippen LogP contribution < -0.4 is 11.5 Å². The van der Waals surface area contributed by atoms with Gasteiger partial charge >= 0.3 is 0 Å². The summed E-state index contributed by atoms with van der Waals surface area (Å²) in [5, 5.41) is 0. The van der Waals surface area contributed by atoms with Crippen LogP contribution in [0.15, 0.2) is 53.4 Å². The van der Waals surface area contributed by atoms with Crippen molar-refractivity contribution in [3.05, 3.63) is 59.7 Å². The van der Waals surface area contributed by atoms with E-state index in [-0.39, 0.29) is 0 Å². The molecule has 0 aliphatic heterocycles. The van der Waals surface area contributed by atoms with Crippen LogP contribution in [0.25, 0.3) is 0 Å². The van der Waals surface area contributed by atoms with Crippen LogP contribution in [-0.4, -0.2) is 5.91 Å². The highest BCUT2D eigenvalue weighted by atomic mass is 32.2. The van der Waals surface area contributed by atoms with E-state index in [1.807, 2.05) is 24.3 Å². The molecule has 0 saturated carbocycles. The maximum absolute atomic E-state index is 11.1. The monoisotopic (exact) mass is 258 g/mol. The SMILES string of the molecule is NC(=O)c1cc(N)cc(SCc2ccccc2)c1. The molecule has 2 aromatic carbocycles. The van der Waals surface area contributed by atoms with Crippen molar-refractivity contribution in [3.63, 3.8) is 0 Å². The van der Waals surface area contributed by atoms with Gasteiger partial charge in [-0.3, -0.25) is 4.79 Å². The molecule has 0 heterocycles. The van der Waals surface area contributed by atoms with Crippen molar-refractivity contribution >= 4 is 23.4 Å². The van der Waals surface area contributed by atoms with E-state index in [1.54, 1.807) is 23.9 Å². The first-order valence-electron chi connectivity index (χ1n) is 5.52. The lowest BCUT2D eigenvalue weighted by atomic mass is 10.2. The average Bonchev–Trinajstić information content (AvgIpc) is 2.37. The van der Waals surface area contributed by atoms with Gasteiger partial charge in [0.2, 0.25) is 5.91 Å². The van der Waals surface area contributed by atoms with E-state index in [0.29, 0.717) is 11.3 Å². The fraction of sp³-hybridized carbons (Fsp3) is 0.0714. The van der Waals surface area contributed by atoms with Crippen LogP contribution in [0, 0.1) is 0 Å². The van der Waals surface area contributed by atoms with Crippen molar-refractivity contribution in [3.8, 4) is 0 Å². The van der Waals surface area contributed by atoms with Gasteiger partial charge in [0, 0.05) is 21.9 Å². The summed E-state index contributed by atoms with van der Waals surface area (Å²) in [5.74, 6) is 0.381. The number of carbonyl (C=O) groups excluding carboxylic acids is 1. The normalized spacial score (nSPS) is 10.2. The van der Waals surface area contributed by atoms with Crippen molar-refractivity contribution in [2.75, 3.05) is 5.73 Å². The van der Waals surface area contributed by atoms with Gasteiger partial charge in [0.15, 0.2) is 0 Å². The highest BCUT2D eigenvalue weighted by Gasteiger charge is 2.04. The Balaban J connectivity index is 2.12. The summed E-state index contributed by atoms with van der Waals surface area (Å²) >= 11 is 1.63. The molecule has 0 atom stereocenters. The number of hydrogen-bond donors (Lipinski definition) is 2. The predicted molar refractivity (Wildman–Crippen MR) is 75.4 cm³/mol. The fourth-order valence-electron chi connectivity index (χ4n) is 1.59. The quantitative estimate of drug-likeness (QED) is 0.654. The summed E-state index contributed by atoms with van der Waals surface area (Å²) in [7, 11) is 0. The Labute approximate surface area is 110 Å². The number of hydrogen-bond acceptors (Lipinski definition) is 3. The van der Waals surface area contributed by atoms with Crippen LogP contribution in [0.4, 0.5) is 5.69 Å². The van der Waals surface area contributed by atoms with Crippen LogP contribution in [0.2, 0.25) is 0 Å². The standard InChI is InChI=1S/C14H14N2OS/c15-12-6-11(14(16)17)7-13(8-12)18-9-10-4-2-1-3-5-10/h1-8H,9,15H2,(H2,16,17). The second-order valence-corrected chi connectivity index (χ2v) is 4.98. The number of anilines is 1. The highest BCUT2D eigenvalue weighted by molar-refractivity contribution is 7.98. The highest BCUT2D eigenvalue weighted by Crippen LogP contribution is 2.25. The minimum atomic E-state index is -0.455. The van der Waals surface area contributed by atoms with Gasteiger partial charge in [-0.15, -0.1) is 11.8 Å². The number of primary amides is 1. The molecule has 2 rings (SSSR count). The number of amides is 1. The van der Waals surface area contributed by atoms with Gasteiger partial charge in [-0.05, 0) is 23.8 Å². The average molecular weight is 258 g/mol. The molecule has 0 fully saturated rings. The molecular weight excluding hydrogens is 244 g/mol. The number of nitrogens with two attached hydrogens (primary N) is 2. The Hall–Kier alpha value is -1.94. The van der Waals surface area contributed by atoms with Crippen molar-refractivity contribution < 1.29 is 4.79 Å². The Bertz CT molecular complexity index is 555. The number of benzene rings is 2. The van der Waals surface area contributed by atoms with Gasteiger partial charge in [-0.25, -0.2) is 0 Å². The second kappa shape index (κ2) is 5.60. The zero-order valence-corrected chi connectivity index (χ0v) is 10.6. The van der Waals surface area contributed by atoms with Crippen LogP contribution in [0.5, 0.6) is 0 Å². The van der Waals surface area contributed by atoms with Crippen molar-refractivity contribution in [2.24, 2.45) is 5.73 Å². The summed E-state index contributed by atoms with van der Waals surface area (Å²) in [4.78, 5) is 12.1. The van der Waals surface area contributed by atoms with Gasteiger partial charge in [-0.2, -0.15) is 0 Å². The second-order valence-electron chi connectivity index (χ2n) is 3.93. The van der Waals surface area contributed by atoms with Gasteiger partial charge in [0.25, 0.3) is 0 Å². The van der Waals surface area contributed by atoms with E-state index in [2.05, 4.69) is 12.1 Å². The first-order chi connectivity index (χ1) is 8.65. The van der Waals surface area contributed by atoms with Crippen LogP contribution >= 0.6 is 11.8 Å². The van der Waals surface area contributed by atoms with Gasteiger partial charge in [-0.1, -0.05) is 30.3 Å². The molecule has 0 radical (unpaired) electrons. The molecule has 92 valence electrons. The zero-order valence-electron chi connectivity index (χ0n) is 9.80. The van der Waals surface area contributed by atoms with E-state index >= 15 is 0 Å². The summed E-state index contributed by atoms with van der Waals surface area (Å²) in [6.07, 6.45) is 0. The number of nitrogen functional groups attached to an aromatic ring is 1. The maximum atomic E-state index is 11.1. The van der Waals surface area contributed by atoms with Crippen molar-refractivity contribution in [1.82, 2.24) is 0 Å². The lowest BCUT2D eigenvalue weighted by Gasteiger charge is -2.05. The topological polar surface area (TPSA) is 69.1 Å². The Kier molecular flexibility index (Phi) is 3.89. The molecular formula is C14H14N2OS. The molecule has 2 aromatic rings. The third-order valence-corrected chi connectivity index (χ3v) is 3.51. The predicted octanol–water partition coefficient (Wildman–Crippen LogP) is 2.66. The van der Waals surface area contributed by atoms with Crippen LogP contribution in [-0.2, 0) is 5.75 Å². The van der Waals surface area contributed by atoms with Crippen molar-refractivity contribution in [2.45, 2.75) is 10.6 Å². The number of thioether (sulfide) groups is 1. The first kappa shape index (κ1) is 12.5. The minimum Gasteiger partial charge on any atom is -0.399 e. The summed E-state index contributed by atoms with van der Waals surface area (Å²) in [6, 6.07) is 15.3. The maximum Gasteiger partial charge on any atom is 0.248 e. The largest absolute Gasteiger partial charge is 0.399 e. The fourth-order valence-corrected chi connectivity index (χ4v) is 2.54. The number of carbonyl (C=O) groups is 1. The van der Waals surface area contributed by atoms with Crippen molar-refractivity contribution in [1.29, 1.82) is 0 Å². The molecule has 3 nitrogen and oxygen atoms in total. The van der Waals surface area contributed by atoms with Crippen LogP contribution in [0.3, 0.4) is 0 Å². The molecule has 0 aliphatic rings. The Morgan fingerprint density at radius 1 is 1.11 bits per heavy atom. The molecule has 18 heavy (non-hydrogen) atoms. The summed E-state index contributed by atoms with van der Waals surface area (Å²) < 4.78 is 0. The summed E-state index contributed by atoms with van der Waals surface area (Å²) in [6.45, 7) is 0. The number of rotatable bonds is 4. The van der Waals surface area contributed by atoms with E-state index in [0.717, 1.165) is 10.6 Å².